The molecule has 4 aliphatic heterocycles. The van der Waals surface area contributed by atoms with Gasteiger partial charge in [0.1, 0.15) is 91.2 Å². The van der Waals surface area contributed by atoms with Crippen LogP contribution in [0.25, 0.3) is 0 Å². The van der Waals surface area contributed by atoms with Crippen molar-refractivity contribution >= 4 is 5.78 Å². The van der Waals surface area contributed by atoms with Gasteiger partial charge in [-0.05, 0) is 92.4 Å². The third kappa shape index (κ3) is 9.26. The van der Waals surface area contributed by atoms with Gasteiger partial charge in [-0.25, -0.2) is 0 Å². The fourth-order valence-electron chi connectivity index (χ4n) is 15.7. The van der Waals surface area contributed by atoms with Crippen LogP contribution in [-0.2, 0) is 42.7 Å². The largest absolute Gasteiger partial charge is 0.396 e. The molecule has 3 saturated carbocycles. The Bertz CT molecular complexity index is 2160. The lowest BCUT2D eigenvalue weighted by molar-refractivity contribution is -0.402. The molecule has 28 atom stereocenters. The van der Waals surface area contributed by atoms with Crippen molar-refractivity contribution in [3.05, 3.63) is 23.3 Å². The van der Waals surface area contributed by atoms with E-state index < -0.39 is 158 Å². The number of Topliss-reactive ketones (excluding diaryl/α,β-unsaturated/α-hetero) is 1. The minimum atomic E-state index is -2.02. The highest BCUT2D eigenvalue weighted by Crippen LogP contribution is 2.74. The molecule has 0 aromatic rings. The summed E-state index contributed by atoms with van der Waals surface area (Å²) >= 11 is 0. The molecule has 0 aromatic carbocycles. The SMILES string of the molecule is CC1OC(OC2C(CO)OC(OC3C(O)C(C)OC(OC4CCC5(C)C(CCC6(C)C5C=CC5=C7CC(C)(C)C(=O)CC7(CO)CCC56C)C4(C)CO)C3OC3OC(CO)C(O)C(O)C3O)C(O)C2O)C(O)C(O)C1O. The van der Waals surface area contributed by atoms with Crippen molar-refractivity contribution in [1.82, 2.24) is 0 Å². The minimum Gasteiger partial charge on any atom is -0.396 e. The topological polar surface area (TPSA) is 354 Å². The summed E-state index contributed by atoms with van der Waals surface area (Å²) < 4.78 is 49.2. The maximum Gasteiger partial charge on any atom is 0.187 e. The van der Waals surface area contributed by atoms with E-state index >= 15 is 0 Å². The van der Waals surface area contributed by atoms with E-state index in [4.69, 9.17) is 37.9 Å². The standard InChI is InChI=1S/C54H86O22/c1-23-33(60)36(63)39(66)45(69-23)74-42-28(20-56)72-47(41(68)38(42)65)75-43-34(61)24(2)70-48(44(43)76-46-40(67)37(64)35(62)27(19-55)71-46)73-32-12-13-50(5)29(51(32,6)21-57)11-14-53(8)30(50)10-9-25-26-17-49(3,4)31(59)18-54(26,22-58)16-15-52(25,53)7/h9-10,23-24,27-30,32-48,55-58,60-68H,11-22H2,1-8H3. The summed E-state index contributed by atoms with van der Waals surface area (Å²) in [7, 11) is 0. The first-order valence-corrected chi connectivity index (χ1v) is 27.4. The summed E-state index contributed by atoms with van der Waals surface area (Å²) in [6, 6.07) is 0. The van der Waals surface area contributed by atoms with Crippen LogP contribution in [0.4, 0.5) is 0 Å². The van der Waals surface area contributed by atoms with E-state index in [0.717, 1.165) is 12.8 Å². The van der Waals surface area contributed by atoms with Gasteiger partial charge in [-0.3, -0.25) is 4.79 Å². The minimum absolute atomic E-state index is 0.0502. The van der Waals surface area contributed by atoms with Crippen LogP contribution in [-0.4, -0.2) is 228 Å². The van der Waals surface area contributed by atoms with Crippen LogP contribution in [0, 0.1) is 44.3 Å². The molecule has 9 rings (SSSR count). The summed E-state index contributed by atoms with van der Waals surface area (Å²) in [5.74, 6) is 0.0956. The van der Waals surface area contributed by atoms with E-state index in [1.54, 1.807) is 0 Å². The van der Waals surface area contributed by atoms with Crippen LogP contribution in [0.5, 0.6) is 0 Å². The maximum atomic E-state index is 13.4. The third-order valence-corrected chi connectivity index (χ3v) is 20.9. The van der Waals surface area contributed by atoms with Crippen molar-refractivity contribution in [2.45, 2.75) is 236 Å². The molecule has 22 nitrogen and oxygen atoms in total. The van der Waals surface area contributed by atoms with Crippen molar-refractivity contribution in [2.24, 2.45) is 44.3 Å². The number of carbonyl (C=O) groups excluding carboxylic acids is 1. The molecule has 0 amide bonds. The van der Waals surface area contributed by atoms with Crippen molar-refractivity contribution < 1.29 is 109 Å². The van der Waals surface area contributed by atoms with Gasteiger partial charge >= 0.3 is 0 Å². The molecule has 0 spiro atoms. The first-order valence-electron chi connectivity index (χ1n) is 27.4. The normalized spacial score (nSPS) is 54.3. The number of aliphatic hydroxyl groups excluding tert-OH is 13. The summed E-state index contributed by atoms with van der Waals surface area (Å²) in [5, 5.41) is 142. The Morgan fingerprint density at radius 3 is 1.75 bits per heavy atom. The van der Waals surface area contributed by atoms with E-state index in [1.807, 2.05) is 20.8 Å². The number of fused-ring (bicyclic) bond motifs is 6. The number of aliphatic hydroxyl groups is 13. The molecule has 0 aromatic heterocycles. The summed E-state index contributed by atoms with van der Waals surface area (Å²) in [6.45, 7) is 13.9. The maximum absolute atomic E-state index is 13.4. The first kappa shape index (κ1) is 58.9. The second-order valence-corrected chi connectivity index (χ2v) is 25.6. The number of ether oxygens (including phenoxy) is 8. The van der Waals surface area contributed by atoms with Gasteiger partial charge in [0.05, 0.1) is 44.7 Å². The lowest BCUT2D eigenvalue weighted by Crippen LogP contribution is -2.68. The molecule has 4 saturated heterocycles. The van der Waals surface area contributed by atoms with E-state index in [1.165, 1.54) is 25.0 Å². The third-order valence-electron chi connectivity index (χ3n) is 20.9. The van der Waals surface area contributed by atoms with Crippen molar-refractivity contribution in [2.75, 3.05) is 26.4 Å². The molecule has 28 unspecified atom stereocenters. The van der Waals surface area contributed by atoms with Gasteiger partial charge in [-0.1, -0.05) is 59.3 Å². The Labute approximate surface area is 443 Å². The Morgan fingerprint density at radius 2 is 1.12 bits per heavy atom. The molecular formula is C54H86O22. The molecule has 4 heterocycles. The number of carbonyl (C=O) groups is 1. The molecule has 0 radical (unpaired) electrons. The zero-order valence-electron chi connectivity index (χ0n) is 44.9. The summed E-state index contributed by atoms with van der Waals surface area (Å²) in [6.07, 6.45) is -24.3. The average molecular weight is 1090 g/mol. The van der Waals surface area contributed by atoms with E-state index in [2.05, 4.69) is 32.9 Å². The predicted octanol–water partition coefficient (Wildman–Crippen LogP) is -1.44. The average Bonchev–Trinajstić information content (AvgIpc) is 3.47. The van der Waals surface area contributed by atoms with E-state index in [9.17, 15) is 71.2 Å². The highest BCUT2D eigenvalue weighted by atomic mass is 16.8. The van der Waals surface area contributed by atoms with Gasteiger partial charge in [0.2, 0.25) is 0 Å². The lowest BCUT2D eigenvalue weighted by Gasteiger charge is -2.69. The number of ketones is 1. The number of allylic oxidation sites excluding steroid dienone is 3. The van der Waals surface area contributed by atoms with Crippen LogP contribution >= 0.6 is 0 Å². The van der Waals surface area contributed by atoms with Crippen molar-refractivity contribution in [3.63, 3.8) is 0 Å². The second-order valence-electron chi connectivity index (χ2n) is 25.6. The number of hydrogen-bond donors (Lipinski definition) is 13. The smallest absolute Gasteiger partial charge is 0.187 e. The van der Waals surface area contributed by atoms with Crippen LogP contribution in [0.3, 0.4) is 0 Å². The highest BCUT2D eigenvalue weighted by Gasteiger charge is 2.69. The number of rotatable bonds is 12. The van der Waals surface area contributed by atoms with Crippen LogP contribution in [0.15, 0.2) is 23.3 Å². The Morgan fingerprint density at radius 1 is 0.553 bits per heavy atom. The summed E-state index contributed by atoms with van der Waals surface area (Å²) in [5.41, 5.74) is -0.544. The summed E-state index contributed by atoms with van der Waals surface area (Å²) in [4.78, 5) is 13.4. The fraction of sp³-hybridized carbons (Fsp3) is 0.907. The van der Waals surface area contributed by atoms with Crippen LogP contribution < -0.4 is 0 Å². The monoisotopic (exact) mass is 1090 g/mol. The first-order chi connectivity index (χ1) is 35.6. The molecule has 434 valence electrons. The molecule has 0 bridgehead atoms. The molecule has 22 heteroatoms. The Kier molecular flexibility index (Phi) is 16.5. The molecule has 5 aliphatic carbocycles. The van der Waals surface area contributed by atoms with Gasteiger partial charge in [0, 0.05) is 22.7 Å². The zero-order chi connectivity index (χ0) is 55.6. The fourth-order valence-corrected chi connectivity index (χ4v) is 15.7. The van der Waals surface area contributed by atoms with Crippen LogP contribution in [0.2, 0.25) is 0 Å². The highest BCUT2D eigenvalue weighted by molar-refractivity contribution is 5.87. The van der Waals surface area contributed by atoms with Crippen LogP contribution in [0.1, 0.15) is 107 Å². The van der Waals surface area contributed by atoms with Gasteiger partial charge in [-0.2, -0.15) is 0 Å². The zero-order valence-corrected chi connectivity index (χ0v) is 44.9. The predicted molar refractivity (Wildman–Crippen MR) is 262 cm³/mol. The van der Waals surface area contributed by atoms with E-state index in [0.29, 0.717) is 38.5 Å². The molecule has 7 fully saturated rings. The second kappa shape index (κ2) is 21.2. The van der Waals surface area contributed by atoms with Gasteiger partial charge in [-0.15, -0.1) is 0 Å². The Balaban J connectivity index is 1.01. The van der Waals surface area contributed by atoms with Gasteiger partial charge in [0.15, 0.2) is 25.2 Å². The lowest BCUT2D eigenvalue weighted by atomic mass is 9.35. The molecule has 9 aliphatic rings. The Hall–Kier alpha value is -1.69. The molecule has 76 heavy (non-hydrogen) atoms. The van der Waals surface area contributed by atoms with Crippen molar-refractivity contribution in [1.29, 1.82) is 0 Å². The quantitative estimate of drug-likeness (QED) is 0.0996. The number of hydrogen-bond acceptors (Lipinski definition) is 22. The molecule has 13 N–H and O–H groups in total. The van der Waals surface area contributed by atoms with Gasteiger partial charge in [0.25, 0.3) is 0 Å². The van der Waals surface area contributed by atoms with Gasteiger partial charge < -0.3 is 104 Å². The van der Waals surface area contributed by atoms with Crippen molar-refractivity contribution in [3.8, 4) is 0 Å². The van der Waals surface area contributed by atoms with E-state index in [-0.39, 0.29) is 47.1 Å². The molecular weight excluding hydrogens is 1000 g/mol.